The van der Waals surface area contributed by atoms with Crippen molar-refractivity contribution in [2.45, 2.75) is 39.2 Å². The van der Waals surface area contributed by atoms with Crippen LogP contribution in [0.2, 0.25) is 0 Å². The molecule has 0 bridgehead atoms. The minimum absolute atomic E-state index is 0.0303. The number of nitrogens with one attached hydrogen (secondary N) is 2. The van der Waals surface area contributed by atoms with E-state index in [2.05, 4.69) is 17.6 Å². The van der Waals surface area contributed by atoms with Gasteiger partial charge in [-0.2, -0.15) is 0 Å². The van der Waals surface area contributed by atoms with Crippen LogP contribution in [0.1, 0.15) is 31.7 Å². The highest BCUT2D eigenvalue weighted by molar-refractivity contribution is 5.96. The Labute approximate surface area is 114 Å². The molecule has 19 heavy (non-hydrogen) atoms. The van der Waals surface area contributed by atoms with Crippen molar-refractivity contribution in [2.24, 2.45) is 0 Å². The Morgan fingerprint density at radius 3 is 3.05 bits per heavy atom. The number of amides is 1. The Balaban J connectivity index is 2.07. The molecule has 0 saturated carbocycles. The summed E-state index contributed by atoms with van der Waals surface area (Å²) >= 11 is 0. The van der Waals surface area contributed by atoms with Crippen LogP contribution < -0.4 is 15.4 Å². The lowest BCUT2D eigenvalue weighted by atomic mass is 10.2. The monoisotopic (exact) mass is 262 g/mol. The summed E-state index contributed by atoms with van der Waals surface area (Å²) in [6.45, 7) is 5.67. The Morgan fingerprint density at radius 2 is 2.37 bits per heavy atom. The zero-order valence-electron chi connectivity index (χ0n) is 11.7. The van der Waals surface area contributed by atoms with Crippen molar-refractivity contribution in [3.8, 4) is 5.75 Å². The molecule has 104 valence electrons. The molecule has 2 N–H and O–H groups in total. The minimum atomic E-state index is -0.0691. The second-order valence-corrected chi connectivity index (χ2v) is 4.99. The Hall–Kier alpha value is -1.55. The van der Waals surface area contributed by atoms with E-state index in [0.29, 0.717) is 6.61 Å². The molecule has 2 rings (SSSR count). The van der Waals surface area contributed by atoms with Gasteiger partial charge in [-0.25, -0.2) is 0 Å². The van der Waals surface area contributed by atoms with E-state index in [4.69, 9.17) is 4.74 Å². The van der Waals surface area contributed by atoms with Crippen LogP contribution in [-0.2, 0) is 4.79 Å². The molecular weight excluding hydrogens is 240 g/mol. The number of anilines is 1. The molecule has 0 unspecified atom stereocenters. The van der Waals surface area contributed by atoms with E-state index >= 15 is 0 Å². The van der Waals surface area contributed by atoms with Crippen LogP contribution in [0, 0.1) is 6.92 Å². The summed E-state index contributed by atoms with van der Waals surface area (Å²) in [7, 11) is 0. The lowest BCUT2D eigenvalue weighted by Crippen LogP contribution is -2.35. The maximum absolute atomic E-state index is 12.1. The first-order valence-electron chi connectivity index (χ1n) is 6.98. The molecule has 0 aromatic heterocycles. The molecule has 1 amide bonds. The van der Waals surface area contributed by atoms with Crippen LogP contribution in [0.4, 0.5) is 5.69 Å². The Kier molecular flexibility index (Phi) is 4.80. The molecule has 1 atom stereocenters. The van der Waals surface area contributed by atoms with Crippen LogP contribution in [0.15, 0.2) is 18.2 Å². The molecule has 0 spiro atoms. The number of rotatable bonds is 5. The van der Waals surface area contributed by atoms with Gasteiger partial charge >= 0.3 is 0 Å². The van der Waals surface area contributed by atoms with E-state index < -0.39 is 0 Å². The van der Waals surface area contributed by atoms with Crippen molar-refractivity contribution in [3.05, 3.63) is 23.8 Å². The first kappa shape index (κ1) is 13.9. The summed E-state index contributed by atoms with van der Waals surface area (Å²) in [5, 5.41) is 6.16. The molecule has 1 fully saturated rings. The van der Waals surface area contributed by atoms with E-state index in [1.165, 1.54) is 0 Å². The summed E-state index contributed by atoms with van der Waals surface area (Å²) in [5.74, 6) is 0.788. The van der Waals surface area contributed by atoms with Crippen molar-refractivity contribution < 1.29 is 9.53 Å². The summed E-state index contributed by atoms with van der Waals surface area (Å²) in [5.41, 5.74) is 1.89. The van der Waals surface area contributed by atoms with E-state index in [1.807, 2.05) is 25.1 Å². The molecule has 1 aliphatic rings. The maximum Gasteiger partial charge on any atom is 0.241 e. The highest BCUT2D eigenvalue weighted by Crippen LogP contribution is 2.26. The van der Waals surface area contributed by atoms with Gasteiger partial charge in [0.05, 0.1) is 18.3 Å². The zero-order chi connectivity index (χ0) is 13.7. The van der Waals surface area contributed by atoms with E-state index in [9.17, 15) is 4.79 Å². The Bertz CT molecular complexity index is 440. The normalized spacial score (nSPS) is 18.3. The van der Waals surface area contributed by atoms with Gasteiger partial charge in [0.25, 0.3) is 0 Å². The first-order valence-corrected chi connectivity index (χ1v) is 6.98. The van der Waals surface area contributed by atoms with Crippen LogP contribution in [0.3, 0.4) is 0 Å². The van der Waals surface area contributed by atoms with Gasteiger partial charge in [0.15, 0.2) is 0 Å². The summed E-state index contributed by atoms with van der Waals surface area (Å²) < 4.78 is 5.70. The molecule has 1 heterocycles. The van der Waals surface area contributed by atoms with Gasteiger partial charge in [0.1, 0.15) is 5.75 Å². The molecule has 1 aromatic carbocycles. The third-order valence-electron chi connectivity index (χ3n) is 3.23. The van der Waals surface area contributed by atoms with Crippen molar-refractivity contribution in [1.82, 2.24) is 5.32 Å². The second kappa shape index (κ2) is 6.57. The van der Waals surface area contributed by atoms with Crippen molar-refractivity contribution in [2.75, 3.05) is 18.5 Å². The number of benzene rings is 1. The average Bonchev–Trinajstić information content (AvgIpc) is 2.93. The summed E-state index contributed by atoms with van der Waals surface area (Å²) in [6.07, 6.45) is 2.92. The molecule has 4 heteroatoms. The van der Waals surface area contributed by atoms with E-state index in [0.717, 1.165) is 42.8 Å². The highest BCUT2D eigenvalue weighted by Gasteiger charge is 2.22. The molecule has 1 saturated heterocycles. The van der Waals surface area contributed by atoms with Gasteiger partial charge in [0, 0.05) is 0 Å². The number of aryl methyl sites for hydroxylation is 1. The van der Waals surface area contributed by atoms with Gasteiger partial charge in [0.2, 0.25) is 5.91 Å². The summed E-state index contributed by atoms with van der Waals surface area (Å²) in [6, 6.07) is 5.79. The second-order valence-electron chi connectivity index (χ2n) is 4.99. The molecule has 1 aliphatic heterocycles. The molecule has 4 nitrogen and oxygen atoms in total. The minimum Gasteiger partial charge on any atom is -0.491 e. The fraction of sp³-hybridized carbons (Fsp3) is 0.533. The SMILES string of the molecule is CCCOc1cc(C)ccc1NC(=O)[C@H]1CCCN1. The van der Waals surface area contributed by atoms with Gasteiger partial charge < -0.3 is 15.4 Å². The first-order chi connectivity index (χ1) is 9.20. The molecular formula is C15H22N2O2. The van der Waals surface area contributed by atoms with Crippen LogP contribution in [-0.4, -0.2) is 25.1 Å². The van der Waals surface area contributed by atoms with Gasteiger partial charge in [-0.15, -0.1) is 0 Å². The van der Waals surface area contributed by atoms with Crippen molar-refractivity contribution in [1.29, 1.82) is 0 Å². The smallest absolute Gasteiger partial charge is 0.241 e. The lowest BCUT2D eigenvalue weighted by Gasteiger charge is -2.15. The average molecular weight is 262 g/mol. The zero-order valence-corrected chi connectivity index (χ0v) is 11.7. The molecule has 0 radical (unpaired) electrons. The molecule has 1 aromatic rings. The van der Waals surface area contributed by atoms with Gasteiger partial charge in [-0.3, -0.25) is 4.79 Å². The fourth-order valence-electron chi connectivity index (χ4n) is 2.19. The quantitative estimate of drug-likeness (QED) is 0.857. The van der Waals surface area contributed by atoms with Gasteiger partial charge in [-0.05, 0) is 50.4 Å². The number of ether oxygens (including phenoxy) is 1. The molecule has 0 aliphatic carbocycles. The van der Waals surface area contributed by atoms with E-state index in [1.54, 1.807) is 0 Å². The third kappa shape index (κ3) is 3.70. The summed E-state index contributed by atoms with van der Waals surface area (Å²) in [4.78, 5) is 12.1. The topological polar surface area (TPSA) is 50.4 Å². The van der Waals surface area contributed by atoms with Crippen LogP contribution >= 0.6 is 0 Å². The largest absolute Gasteiger partial charge is 0.491 e. The predicted octanol–water partition coefficient (Wildman–Crippen LogP) is 2.47. The van der Waals surface area contributed by atoms with Crippen molar-refractivity contribution in [3.63, 3.8) is 0 Å². The van der Waals surface area contributed by atoms with E-state index in [-0.39, 0.29) is 11.9 Å². The predicted molar refractivity (Wildman–Crippen MR) is 76.6 cm³/mol. The number of hydrogen-bond donors (Lipinski definition) is 2. The Morgan fingerprint density at radius 1 is 1.53 bits per heavy atom. The number of carbonyl (C=O) groups excluding carboxylic acids is 1. The third-order valence-corrected chi connectivity index (χ3v) is 3.23. The van der Waals surface area contributed by atoms with Crippen LogP contribution in [0.5, 0.6) is 5.75 Å². The number of carbonyl (C=O) groups is 1. The number of hydrogen-bond acceptors (Lipinski definition) is 3. The maximum atomic E-state index is 12.1. The lowest BCUT2D eigenvalue weighted by molar-refractivity contribution is -0.117. The fourth-order valence-corrected chi connectivity index (χ4v) is 2.19. The standard InChI is InChI=1S/C15H22N2O2/c1-3-9-19-14-10-11(2)6-7-12(14)17-15(18)13-5-4-8-16-13/h6-7,10,13,16H,3-5,8-9H2,1-2H3,(H,17,18)/t13-/m1/s1. The van der Waals surface area contributed by atoms with Crippen molar-refractivity contribution >= 4 is 11.6 Å². The van der Waals surface area contributed by atoms with Crippen LogP contribution in [0.25, 0.3) is 0 Å². The highest BCUT2D eigenvalue weighted by atomic mass is 16.5. The van der Waals surface area contributed by atoms with Gasteiger partial charge in [-0.1, -0.05) is 13.0 Å².